The van der Waals surface area contributed by atoms with Gasteiger partial charge in [0, 0.05) is 0 Å². The molecule has 17 heavy (non-hydrogen) atoms. The Hall–Kier alpha value is 1.26. The van der Waals surface area contributed by atoms with Gasteiger partial charge in [0.05, 0.1) is 0 Å². The normalized spacial score (nSPS) is 21.5. The molecule has 0 saturated carbocycles. The molecule has 0 radical (unpaired) electrons. The van der Waals surface area contributed by atoms with Gasteiger partial charge in [0.1, 0.15) is 0 Å². The first-order valence-electron chi connectivity index (χ1n) is 7.13. The second-order valence-electron chi connectivity index (χ2n) is 5.19. The molecule has 1 heterocycles. The predicted octanol–water partition coefficient (Wildman–Crippen LogP) is 1.23. The van der Waals surface area contributed by atoms with Crippen molar-refractivity contribution in [1.82, 2.24) is 0 Å². The Balaban J connectivity index is 1.98. The van der Waals surface area contributed by atoms with Gasteiger partial charge in [-0.15, -0.1) is 0 Å². The van der Waals surface area contributed by atoms with Gasteiger partial charge in [-0.25, -0.2) is 0 Å². The van der Waals surface area contributed by atoms with E-state index in [0.717, 1.165) is 29.2 Å². The Bertz CT molecular complexity index is 231. The van der Waals surface area contributed by atoms with Gasteiger partial charge in [-0.05, 0) is 0 Å². The van der Waals surface area contributed by atoms with Crippen molar-refractivity contribution in [2.75, 3.05) is 0 Å². The van der Waals surface area contributed by atoms with Gasteiger partial charge in [-0.2, -0.15) is 0 Å². The van der Waals surface area contributed by atoms with Gasteiger partial charge in [0.25, 0.3) is 0 Å². The van der Waals surface area contributed by atoms with E-state index in [4.69, 9.17) is 0 Å². The number of rotatable bonds is 8. The molecule has 0 aromatic rings. The van der Waals surface area contributed by atoms with Crippen molar-refractivity contribution < 1.29 is 21.2 Å². The summed E-state index contributed by atoms with van der Waals surface area (Å²) in [6, 6.07) is 0. The van der Waals surface area contributed by atoms with Crippen LogP contribution >= 0.6 is 0 Å². The van der Waals surface area contributed by atoms with E-state index in [2.05, 4.69) is 13.5 Å². The van der Waals surface area contributed by atoms with Crippen LogP contribution < -0.4 is 21.2 Å². The van der Waals surface area contributed by atoms with Gasteiger partial charge in [-0.1, -0.05) is 0 Å². The summed E-state index contributed by atoms with van der Waals surface area (Å²) in [5, 5.41) is 0. The Labute approximate surface area is 133 Å². The molecule has 0 aromatic heterocycles. The van der Waals surface area contributed by atoms with Crippen LogP contribution in [0.3, 0.4) is 0 Å². The molecule has 1 aliphatic heterocycles. The quantitative estimate of drug-likeness (QED) is 0.144. The van der Waals surface area contributed by atoms with Crippen molar-refractivity contribution in [2.45, 2.75) is 75.1 Å². The Kier molecular flexibility index (Phi) is 9.69. The number of unbranched alkanes of at least 4 members (excludes halogenated alkanes) is 6. The van der Waals surface area contributed by atoms with Crippen LogP contribution in [0.1, 0.15) is 71.1 Å². The zero-order valence-electron chi connectivity index (χ0n) is 11.3. The fraction of sp³-hybridized carbons (Fsp3) is 0.800. The molecule has 0 spiro atoms. The first-order valence-corrected chi connectivity index (χ1v) is 11.7. The van der Waals surface area contributed by atoms with Crippen molar-refractivity contribution in [3.05, 3.63) is 12.2 Å². The average Bonchev–Trinajstić information content (AvgIpc) is 2.26. The maximum absolute atomic E-state index is 4.22. The third-order valence-electron chi connectivity index (χ3n) is 3.34. The number of hydrogen-bond acceptors (Lipinski definition) is 0. The zero-order chi connectivity index (χ0) is 12.5. The van der Waals surface area contributed by atoms with Crippen molar-refractivity contribution in [3.63, 3.8) is 0 Å². The molecule has 0 nitrogen and oxygen atoms in total. The van der Waals surface area contributed by atoms with Gasteiger partial charge in [0.15, 0.2) is 0 Å². The Morgan fingerprint density at radius 3 is 2.47 bits per heavy atom. The standard InChI is InChI=1S/C15H26I.Tl/c1-3-4-5-6-7-8-9-10-15-13-14(2)11-12-16-15;/h15H,2-11,13H2,1H3;/q-1;. The summed E-state index contributed by atoms with van der Waals surface area (Å²) in [5.74, 6) is 0. The molecule has 0 aliphatic carbocycles. The second-order valence-corrected chi connectivity index (χ2v) is 16.2. The molecule has 1 rings (SSSR count). The van der Waals surface area contributed by atoms with Gasteiger partial charge >= 0.3 is 135 Å². The fourth-order valence-corrected chi connectivity index (χ4v) is 11.6. The minimum atomic E-state index is 0.457. The molecule has 1 atom stereocenters. The van der Waals surface area contributed by atoms with Crippen LogP contribution in [-0.4, -0.2) is 30.3 Å². The number of allylic oxidation sites excluding steroid dienone is 1. The number of alkyl halides is 1. The topological polar surface area (TPSA) is 0 Å². The molecular formula is C15H26ITl-. The Morgan fingerprint density at radius 2 is 1.82 bits per heavy atom. The van der Waals surface area contributed by atoms with Gasteiger partial charge in [-0.3, -0.25) is 0 Å². The zero-order valence-corrected chi connectivity index (χ0v) is 18.0. The van der Waals surface area contributed by atoms with Crippen LogP contribution in [-0.2, 0) is 0 Å². The Morgan fingerprint density at radius 1 is 1.18 bits per heavy atom. The maximum atomic E-state index is 4.22. The van der Waals surface area contributed by atoms with E-state index < -0.39 is 0 Å². The van der Waals surface area contributed by atoms with Crippen molar-refractivity contribution >= 4 is 26.3 Å². The number of halogens is 1. The molecule has 1 unspecified atom stereocenters. The van der Waals surface area contributed by atoms with E-state index in [-0.39, 0.29) is 0 Å². The summed E-state index contributed by atoms with van der Waals surface area (Å²) in [7, 11) is 0. The van der Waals surface area contributed by atoms with Crippen LogP contribution in [0, 0.1) is 0 Å². The summed E-state index contributed by atoms with van der Waals surface area (Å²) in [4.78, 5) is 0. The molecule has 0 bridgehead atoms. The van der Waals surface area contributed by atoms with Gasteiger partial charge < -0.3 is 0 Å². The van der Waals surface area contributed by atoms with Crippen molar-refractivity contribution in [2.24, 2.45) is 0 Å². The molecule has 2 heteroatoms. The molecule has 97 valence electrons. The summed E-state index contributed by atoms with van der Waals surface area (Å²) >= 11 is 1.60. The average molecular weight is 538 g/mol. The summed E-state index contributed by atoms with van der Waals surface area (Å²) in [6.45, 7) is 6.51. The van der Waals surface area contributed by atoms with E-state index in [9.17, 15) is 0 Å². The SMILES string of the molecule is C=C1C[C](=[Tl])[I-]C(CCCCCCCCC)C1. The molecule has 1 saturated heterocycles. The van der Waals surface area contributed by atoms with Crippen LogP contribution in [0.2, 0.25) is 0 Å². The third kappa shape index (κ3) is 8.11. The van der Waals surface area contributed by atoms with Crippen LogP contribution in [0.4, 0.5) is 0 Å². The van der Waals surface area contributed by atoms with E-state index in [1.807, 2.05) is 1.06 Å². The van der Waals surface area contributed by atoms with Crippen molar-refractivity contribution in [1.29, 1.82) is 0 Å². The molecule has 1 fully saturated rings. The molecule has 0 N–H and O–H groups in total. The molecular weight excluding hydrogens is 511 g/mol. The first-order chi connectivity index (χ1) is 8.22. The summed E-state index contributed by atoms with van der Waals surface area (Å²) in [5.41, 5.74) is 1.54. The van der Waals surface area contributed by atoms with E-state index in [1.165, 1.54) is 64.2 Å². The van der Waals surface area contributed by atoms with Crippen LogP contribution in [0.5, 0.6) is 0 Å². The van der Waals surface area contributed by atoms with Crippen LogP contribution in [0.25, 0.3) is 0 Å². The predicted molar refractivity (Wildman–Crippen MR) is 75.5 cm³/mol. The monoisotopic (exact) mass is 538 g/mol. The third-order valence-corrected chi connectivity index (χ3v) is 10.5. The molecule has 0 aromatic carbocycles. The van der Waals surface area contributed by atoms with E-state index in [0.29, 0.717) is 21.2 Å². The van der Waals surface area contributed by atoms with E-state index >= 15 is 0 Å². The summed E-state index contributed by atoms with van der Waals surface area (Å²) < 4.78 is 3.01. The fourth-order valence-electron chi connectivity index (χ4n) is 2.38. The van der Waals surface area contributed by atoms with Crippen molar-refractivity contribution in [3.8, 4) is 0 Å². The number of hydrogen-bond donors (Lipinski definition) is 0. The molecule has 0 amide bonds. The van der Waals surface area contributed by atoms with E-state index in [1.54, 1.807) is 5.57 Å². The van der Waals surface area contributed by atoms with Gasteiger partial charge in [0.2, 0.25) is 0 Å². The molecule has 1 aliphatic rings. The first kappa shape index (κ1) is 16.3. The minimum absolute atomic E-state index is 0.457. The summed E-state index contributed by atoms with van der Waals surface area (Å²) in [6.07, 6.45) is 14.4. The van der Waals surface area contributed by atoms with Crippen LogP contribution in [0.15, 0.2) is 12.2 Å². The second kappa shape index (κ2) is 10.1.